The number of benzene rings is 2. The van der Waals surface area contributed by atoms with Crippen molar-refractivity contribution in [2.24, 2.45) is 0 Å². The van der Waals surface area contributed by atoms with E-state index < -0.39 is 130 Å². The Hall–Kier alpha value is 2.34. The van der Waals surface area contributed by atoms with E-state index in [-0.39, 0.29) is 0 Å². The van der Waals surface area contributed by atoms with Crippen LogP contribution in [0.2, 0.25) is 268 Å². The van der Waals surface area contributed by atoms with Crippen LogP contribution in [0, 0.1) is 0 Å². The lowest BCUT2D eigenvalue weighted by molar-refractivity contribution is 0.994. The molecule has 3 atom stereocenters. The first-order valence-electron chi connectivity index (χ1n) is 31.7. The maximum atomic E-state index is 3.10. The lowest BCUT2D eigenvalue weighted by Gasteiger charge is -2.60. The molecule has 0 N–H and O–H groups in total. The summed E-state index contributed by atoms with van der Waals surface area (Å²) in [5, 5.41) is 6.84. The van der Waals surface area contributed by atoms with Crippen molar-refractivity contribution in [3.05, 3.63) is 57.6 Å². The van der Waals surface area contributed by atoms with Crippen molar-refractivity contribution in [2.45, 2.75) is 298 Å². The maximum absolute atomic E-state index is 3.10. The van der Waals surface area contributed by atoms with Crippen molar-refractivity contribution in [3.8, 4) is 0 Å². The number of hydrogen-bond donors (Lipinski definition) is 0. The van der Waals surface area contributed by atoms with E-state index in [1.807, 2.05) is 44.0 Å². The molecule has 0 nitrogen and oxygen atoms in total. The van der Waals surface area contributed by atoms with Gasteiger partial charge in [-0.05, 0) is 98.9 Å². The van der Waals surface area contributed by atoms with Gasteiger partial charge in [0.15, 0.2) is 0 Å². The molecule has 0 spiro atoms. The van der Waals surface area contributed by atoms with Gasteiger partial charge in [0, 0.05) is 114 Å². The molecule has 2 aromatic carbocycles. The quantitative estimate of drug-likeness (QED) is 0.0687. The van der Waals surface area contributed by atoms with Gasteiger partial charge in [-0.1, -0.05) is 309 Å². The molecular formula is C63H141P2Si14. The monoisotopic (exact) mass is 1350 g/mol. The third kappa shape index (κ3) is 16.0. The smallest absolute Gasteiger partial charge is 0.0499 e. The molecule has 0 fully saturated rings. The van der Waals surface area contributed by atoms with Crippen molar-refractivity contribution >= 4 is 140 Å². The van der Waals surface area contributed by atoms with Crippen LogP contribution in [0.25, 0.3) is 0 Å². The number of hydrogen-bond acceptors (Lipinski definition) is 0. The Labute approximate surface area is 516 Å². The van der Waals surface area contributed by atoms with Crippen molar-refractivity contribution in [2.75, 3.05) is 25.7 Å². The fourth-order valence-electron chi connectivity index (χ4n) is 21.8. The minimum absolute atomic E-state index is 0.349. The molecule has 3 unspecified atom stereocenters. The first kappa shape index (κ1) is 77.4. The first-order chi connectivity index (χ1) is 34.2. The third-order valence-electron chi connectivity index (χ3n) is 19.4. The lowest BCUT2D eigenvalue weighted by atomic mass is 10.1. The van der Waals surface area contributed by atoms with Crippen LogP contribution in [0.3, 0.4) is 0 Å². The Morgan fingerprint density at radius 1 is 0.304 bits per heavy atom. The van der Waals surface area contributed by atoms with Gasteiger partial charge < -0.3 is 0 Å². The standard InChI is InChI=1S/C63H141P2Si14/c1-64(56-52(58(66(3)4)67(5,6)7)46-50(47-53(56)59(68(8,9)10)69(11,12)13)62(74(26,27)28,75(29,30)31)76(32,33)34)44-45-65(2)57-54(60(70(14,15)16)71(17,18)19)48-51(49-55(57)61(72(20,21)22)73(23,24)25)63(77(35,36)37,78(38,39)40)79(41,42)43/h46-49,58-61H,44-45H2,1-43H3. The summed E-state index contributed by atoms with van der Waals surface area (Å²) in [4.78, 5) is 0. The van der Waals surface area contributed by atoms with Gasteiger partial charge in [-0.3, -0.25) is 0 Å². The van der Waals surface area contributed by atoms with Gasteiger partial charge in [-0.15, -0.1) is 0 Å². The van der Waals surface area contributed by atoms with E-state index in [4.69, 9.17) is 0 Å². The second-order valence-electron chi connectivity index (χ2n) is 40.2. The second kappa shape index (κ2) is 24.6. The van der Waals surface area contributed by atoms with Crippen LogP contribution in [-0.2, 0) is 8.57 Å². The molecule has 0 amide bonds. The highest BCUT2D eigenvalue weighted by Gasteiger charge is 2.63. The molecule has 0 aliphatic heterocycles. The Morgan fingerprint density at radius 3 is 0.633 bits per heavy atom. The highest BCUT2D eigenvalue weighted by Crippen LogP contribution is 2.56. The average Bonchev–Trinajstić information content (AvgIpc) is 3.06. The minimum atomic E-state index is -1.79. The van der Waals surface area contributed by atoms with E-state index in [1.165, 1.54) is 12.3 Å². The molecule has 0 aliphatic carbocycles. The summed E-state index contributed by atoms with van der Waals surface area (Å²) in [5.41, 5.74) is 11.4. The highest BCUT2D eigenvalue weighted by atomic mass is 31.1. The zero-order valence-corrected chi connectivity index (χ0v) is 77.7. The summed E-state index contributed by atoms with van der Waals surface area (Å²) in [6.45, 7) is 120. The normalized spacial score (nSPS) is 16.7. The van der Waals surface area contributed by atoms with E-state index in [0.29, 0.717) is 8.57 Å². The van der Waals surface area contributed by atoms with E-state index >= 15 is 0 Å². The van der Waals surface area contributed by atoms with Crippen molar-refractivity contribution in [1.29, 1.82) is 0 Å². The fourth-order valence-corrected chi connectivity index (χ4v) is 135. The van der Waals surface area contributed by atoms with Crippen molar-refractivity contribution < 1.29 is 0 Å². The molecule has 0 aromatic heterocycles. The van der Waals surface area contributed by atoms with Gasteiger partial charge in [-0.25, -0.2) is 0 Å². The summed E-state index contributed by atoms with van der Waals surface area (Å²) in [7, 11) is -24.2. The Kier molecular flexibility index (Phi) is 24.1. The SMILES string of the molecule is C[Si](C)C(c1cc(C([Si](C)(C)C)([Si](C)(C)C)[Si](C)(C)C)cc(C([Si](C)(C)C)[Si](C)(C)C)c1P(C)CCP(C)c1c(C([Si](C)(C)C)[Si](C)(C)C)cc(C([Si](C)(C)C)([Si](C)(C)C)[Si](C)(C)C)cc1C([Si](C)(C)C)[Si](C)(C)C)[Si](C)(C)C. The topological polar surface area (TPSA) is 0 Å². The molecule has 2 aromatic rings. The predicted molar refractivity (Wildman–Crippen MR) is 423 cm³/mol. The molecule has 1 radical (unpaired) electrons. The molecule has 0 saturated heterocycles. The summed E-state index contributed by atoms with van der Waals surface area (Å²) >= 11 is 0. The summed E-state index contributed by atoms with van der Waals surface area (Å²) in [5.74, 6) is 0. The molecule has 2 rings (SSSR count). The lowest BCUT2D eigenvalue weighted by Crippen LogP contribution is -2.74. The zero-order valence-electron chi connectivity index (χ0n) is 61.9. The largest absolute Gasteiger partial charge is 0.0776 e. The second-order valence-corrected chi connectivity index (χ2v) is 122. The van der Waals surface area contributed by atoms with Gasteiger partial charge in [0.1, 0.15) is 0 Å². The Balaban J connectivity index is 3.73. The Morgan fingerprint density at radius 2 is 0.481 bits per heavy atom. The first-order valence-corrected chi connectivity index (χ1v) is 84.3. The third-order valence-corrected chi connectivity index (χ3v) is 102. The number of rotatable bonds is 25. The molecule has 16 heteroatoms. The van der Waals surface area contributed by atoms with Crippen LogP contribution >= 0.6 is 15.8 Å². The minimum Gasteiger partial charge on any atom is -0.0776 e. The Bertz CT molecular complexity index is 2220. The zero-order chi connectivity index (χ0) is 63.4. The van der Waals surface area contributed by atoms with E-state index in [0.717, 1.165) is 20.7 Å². The molecule has 0 saturated carbocycles. The molecule has 459 valence electrons. The molecule has 0 bridgehead atoms. The van der Waals surface area contributed by atoms with Crippen LogP contribution in [-0.4, -0.2) is 139 Å². The fraction of sp³-hybridized carbons (Fsp3) is 0.810. The van der Waals surface area contributed by atoms with E-state index in [9.17, 15) is 0 Å². The van der Waals surface area contributed by atoms with Crippen LogP contribution in [0.4, 0.5) is 0 Å². The summed E-state index contributed by atoms with van der Waals surface area (Å²) in [6, 6.07) is 12.4. The maximum Gasteiger partial charge on any atom is 0.0499 e. The van der Waals surface area contributed by atoms with Gasteiger partial charge in [0.05, 0.1) is 0 Å². The molecule has 0 heterocycles. The van der Waals surface area contributed by atoms with Crippen molar-refractivity contribution in [1.82, 2.24) is 0 Å². The van der Waals surface area contributed by atoms with Crippen LogP contribution in [0.1, 0.15) is 54.0 Å². The highest BCUT2D eigenvalue weighted by molar-refractivity contribution is 7.69. The average molecular weight is 1350 g/mol. The van der Waals surface area contributed by atoms with Gasteiger partial charge in [-0.2, -0.15) is 0 Å². The van der Waals surface area contributed by atoms with E-state index in [1.54, 1.807) is 0 Å². The van der Waals surface area contributed by atoms with Gasteiger partial charge in [0.2, 0.25) is 0 Å². The summed E-state index contributed by atoms with van der Waals surface area (Å²) < 4.78 is 0.705. The van der Waals surface area contributed by atoms with Crippen LogP contribution in [0.5, 0.6) is 0 Å². The van der Waals surface area contributed by atoms with Gasteiger partial charge >= 0.3 is 0 Å². The van der Waals surface area contributed by atoms with Crippen LogP contribution < -0.4 is 10.6 Å². The molecule has 79 heavy (non-hydrogen) atoms. The predicted octanol–water partition coefficient (Wildman–Crippen LogP) is 22.4. The van der Waals surface area contributed by atoms with Gasteiger partial charge in [0.25, 0.3) is 0 Å². The molecular weight excluding hydrogens is 1210 g/mol. The van der Waals surface area contributed by atoms with Crippen molar-refractivity contribution in [3.63, 3.8) is 0 Å². The van der Waals surface area contributed by atoms with Crippen LogP contribution in [0.15, 0.2) is 24.3 Å². The van der Waals surface area contributed by atoms with E-state index in [2.05, 4.69) is 306 Å². The molecule has 0 aliphatic rings. The summed E-state index contributed by atoms with van der Waals surface area (Å²) in [6.07, 6.45) is 2.74.